The molecule has 4 aromatic rings. The van der Waals surface area contributed by atoms with Crippen LogP contribution in [0.15, 0.2) is 55.2 Å². The third-order valence-corrected chi connectivity index (χ3v) is 10.7. The van der Waals surface area contributed by atoms with Crippen molar-refractivity contribution in [1.29, 1.82) is 0 Å². The molecule has 4 aromatic heterocycles. The van der Waals surface area contributed by atoms with Crippen molar-refractivity contribution < 1.29 is 14.7 Å². The summed E-state index contributed by atoms with van der Waals surface area (Å²) in [6, 6.07) is 7.15. The van der Waals surface area contributed by atoms with Crippen LogP contribution in [0.4, 0.5) is 0 Å². The van der Waals surface area contributed by atoms with Crippen LogP contribution in [0, 0.1) is 17.8 Å². The highest BCUT2D eigenvalue weighted by Gasteiger charge is 2.35. The minimum Gasteiger partial charge on any atom is -0.391 e. The Kier molecular flexibility index (Phi) is 14.2. The average Bonchev–Trinajstić information content (AvgIpc) is 3.59. The van der Waals surface area contributed by atoms with Gasteiger partial charge in [0.25, 0.3) is 0 Å². The summed E-state index contributed by atoms with van der Waals surface area (Å²) in [7, 11) is 1.86. The number of aliphatic hydroxyl groups is 1. The third kappa shape index (κ3) is 9.99. The Balaban J connectivity index is 1.51. The molecule has 0 unspecified atom stereocenters. The van der Waals surface area contributed by atoms with E-state index in [1.54, 1.807) is 29.7 Å². The van der Waals surface area contributed by atoms with Gasteiger partial charge < -0.3 is 15.3 Å². The molecule has 0 aromatic carbocycles. The molecule has 0 radical (unpaired) electrons. The molecule has 4 heterocycles. The zero-order valence-corrected chi connectivity index (χ0v) is 31.7. The van der Waals surface area contributed by atoms with E-state index >= 15 is 0 Å². The molecule has 5 rings (SSSR count). The van der Waals surface area contributed by atoms with Crippen LogP contribution in [0.3, 0.4) is 0 Å². The molecule has 2 amide bonds. The van der Waals surface area contributed by atoms with Crippen molar-refractivity contribution in [3.63, 3.8) is 0 Å². The van der Waals surface area contributed by atoms with Crippen molar-refractivity contribution in [2.45, 2.75) is 123 Å². The van der Waals surface area contributed by atoms with Gasteiger partial charge in [-0.2, -0.15) is 0 Å². The molecule has 1 fully saturated rings. The third-order valence-electron chi connectivity index (χ3n) is 10.7. The number of nitrogens with one attached hydrogen (secondary N) is 1. The molecule has 0 spiro atoms. The van der Waals surface area contributed by atoms with E-state index < -0.39 is 18.1 Å². The molecule has 0 aliphatic heterocycles. The molecule has 11 nitrogen and oxygen atoms in total. The van der Waals surface area contributed by atoms with E-state index in [1.165, 1.54) is 6.42 Å². The molecular weight excluding hydrogens is 653 g/mol. The number of hydrogen-bond donors (Lipinski definition) is 2. The lowest BCUT2D eigenvalue weighted by atomic mass is 9.80. The standard InChI is InChI=1S/C41H58N8O3/c1-6-8-21-48(5)41(52)32(28(3)4)24-37(50)35(23-29-15-10-9-11-16-29)45-40(51)33(22-30-17-12-19-42-25-30)38-46-47-39-34(14-7-2)44-36(27-49(38)39)31-18-13-20-43-26-31/h12-13,17-20,25-29,32-33,35,37,50H,6-11,14-16,21-24H2,1-5H3,(H,45,51)/t32-,33-,35-,37-/m0/s1. The summed E-state index contributed by atoms with van der Waals surface area (Å²) in [5.41, 5.74) is 3.91. The summed E-state index contributed by atoms with van der Waals surface area (Å²) in [6.45, 7) is 8.99. The van der Waals surface area contributed by atoms with E-state index in [0.29, 0.717) is 43.2 Å². The molecule has 11 heteroatoms. The Morgan fingerprint density at radius 3 is 2.42 bits per heavy atom. The first-order chi connectivity index (χ1) is 25.2. The molecule has 1 aliphatic rings. The van der Waals surface area contributed by atoms with E-state index in [1.807, 2.05) is 55.8 Å². The fourth-order valence-electron chi connectivity index (χ4n) is 7.57. The second-order valence-electron chi connectivity index (χ2n) is 15.1. The van der Waals surface area contributed by atoms with Crippen LogP contribution in [-0.2, 0) is 22.4 Å². The van der Waals surface area contributed by atoms with Crippen molar-refractivity contribution in [3.05, 3.63) is 72.3 Å². The van der Waals surface area contributed by atoms with Crippen LogP contribution in [0.1, 0.15) is 115 Å². The van der Waals surface area contributed by atoms with E-state index in [-0.39, 0.29) is 30.1 Å². The zero-order valence-electron chi connectivity index (χ0n) is 31.7. The summed E-state index contributed by atoms with van der Waals surface area (Å²) >= 11 is 0. The quantitative estimate of drug-likeness (QED) is 0.118. The van der Waals surface area contributed by atoms with Crippen molar-refractivity contribution >= 4 is 17.5 Å². The van der Waals surface area contributed by atoms with Crippen LogP contribution >= 0.6 is 0 Å². The van der Waals surface area contributed by atoms with Crippen LogP contribution < -0.4 is 5.32 Å². The minimum atomic E-state index is -0.895. The van der Waals surface area contributed by atoms with Gasteiger partial charge in [0.1, 0.15) is 11.7 Å². The molecule has 0 saturated heterocycles. The van der Waals surface area contributed by atoms with Crippen LogP contribution in [-0.4, -0.2) is 77.1 Å². The van der Waals surface area contributed by atoms with Gasteiger partial charge in [-0.1, -0.05) is 78.7 Å². The van der Waals surface area contributed by atoms with E-state index in [9.17, 15) is 14.7 Å². The maximum atomic E-state index is 14.8. The number of unbranched alkanes of at least 4 members (excludes halogenated alkanes) is 1. The van der Waals surface area contributed by atoms with Crippen LogP contribution in [0.5, 0.6) is 0 Å². The normalized spacial score (nSPS) is 16.1. The Hall–Kier alpha value is -4.25. The molecule has 52 heavy (non-hydrogen) atoms. The van der Waals surface area contributed by atoms with Crippen molar-refractivity contribution in [2.75, 3.05) is 13.6 Å². The molecule has 280 valence electrons. The number of amides is 2. The maximum absolute atomic E-state index is 14.8. The average molecular weight is 711 g/mol. The number of aromatic nitrogens is 6. The molecule has 4 atom stereocenters. The lowest BCUT2D eigenvalue weighted by molar-refractivity contribution is -0.137. The highest BCUT2D eigenvalue weighted by Crippen LogP contribution is 2.31. The van der Waals surface area contributed by atoms with Gasteiger partial charge in [0.15, 0.2) is 5.65 Å². The van der Waals surface area contributed by atoms with E-state index in [0.717, 1.165) is 67.5 Å². The number of carbonyl (C=O) groups excluding carboxylic acids is 2. The highest BCUT2D eigenvalue weighted by molar-refractivity contribution is 5.84. The smallest absolute Gasteiger partial charge is 0.231 e. The lowest BCUT2D eigenvalue weighted by Gasteiger charge is -2.34. The topological polar surface area (TPSA) is 139 Å². The van der Waals surface area contributed by atoms with Gasteiger partial charge in [0, 0.05) is 56.1 Å². The summed E-state index contributed by atoms with van der Waals surface area (Å²) in [6.07, 6.45) is 18.5. The van der Waals surface area contributed by atoms with Crippen molar-refractivity contribution in [1.82, 2.24) is 39.8 Å². The highest BCUT2D eigenvalue weighted by atomic mass is 16.3. The Morgan fingerprint density at radius 2 is 1.77 bits per heavy atom. The molecule has 0 bridgehead atoms. The van der Waals surface area contributed by atoms with Gasteiger partial charge in [-0.05, 0) is 67.7 Å². The predicted molar refractivity (Wildman–Crippen MR) is 203 cm³/mol. The Labute approximate surface area is 309 Å². The molecule has 2 N–H and O–H groups in total. The zero-order chi connectivity index (χ0) is 37.0. The fraction of sp³-hybridized carbons (Fsp3) is 0.585. The minimum absolute atomic E-state index is 0.0397. The number of pyridine rings is 2. The van der Waals surface area contributed by atoms with Gasteiger partial charge in [-0.15, -0.1) is 10.2 Å². The maximum Gasteiger partial charge on any atom is 0.231 e. The van der Waals surface area contributed by atoms with Crippen molar-refractivity contribution in [3.8, 4) is 11.3 Å². The number of carbonyl (C=O) groups is 2. The van der Waals surface area contributed by atoms with Gasteiger partial charge in [-0.3, -0.25) is 24.0 Å². The van der Waals surface area contributed by atoms with Crippen LogP contribution in [0.25, 0.3) is 16.9 Å². The van der Waals surface area contributed by atoms with E-state index in [4.69, 9.17) is 4.98 Å². The molecule has 1 saturated carbocycles. The monoisotopic (exact) mass is 710 g/mol. The number of nitrogens with zero attached hydrogens (tertiary/aromatic N) is 7. The first kappa shape index (κ1) is 39.0. The van der Waals surface area contributed by atoms with Gasteiger partial charge >= 0.3 is 0 Å². The SMILES string of the molecule is CCCCN(C)C(=O)[C@@H](C[C@H](O)[C@H](CC1CCCCC1)NC(=O)[C@@H](Cc1cccnc1)c1nnc2c(CCC)nc(-c3cccnc3)cn12)C(C)C. The van der Waals surface area contributed by atoms with Crippen molar-refractivity contribution in [2.24, 2.45) is 17.8 Å². The summed E-state index contributed by atoms with van der Waals surface area (Å²) in [5, 5.41) is 24.6. The van der Waals surface area contributed by atoms with Gasteiger partial charge in [0.05, 0.1) is 23.5 Å². The summed E-state index contributed by atoms with van der Waals surface area (Å²) in [5.74, 6) is -0.341. The van der Waals surface area contributed by atoms with Gasteiger partial charge in [0.2, 0.25) is 11.8 Å². The Morgan fingerprint density at radius 1 is 1.02 bits per heavy atom. The number of rotatable bonds is 18. The second kappa shape index (κ2) is 19.0. The number of aliphatic hydroxyl groups excluding tert-OH is 1. The lowest BCUT2D eigenvalue weighted by Crippen LogP contribution is -2.49. The largest absolute Gasteiger partial charge is 0.391 e. The molecular formula is C41H58N8O3. The first-order valence-electron chi connectivity index (χ1n) is 19.5. The molecule has 1 aliphatic carbocycles. The first-order valence-corrected chi connectivity index (χ1v) is 19.5. The van der Waals surface area contributed by atoms with E-state index in [2.05, 4.69) is 39.3 Å². The second-order valence-corrected chi connectivity index (χ2v) is 15.1. The number of aryl methyl sites for hydroxylation is 1. The Bertz CT molecular complexity index is 1710. The number of hydrogen-bond acceptors (Lipinski definition) is 8. The fourth-order valence-corrected chi connectivity index (χ4v) is 7.57. The van der Waals surface area contributed by atoms with Crippen LogP contribution in [0.2, 0.25) is 0 Å². The summed E-state index contributed by atoms with van der Waals surface area (Å²) in [4.78, 5) is 43.8. The predicted octanol–water partition coefficient (Wildman–Crippen LogP) is 6.60. The number of fused-ring (bicyclic) bond motifs is 1. The summed E-state index contributed by atoms with van der Waals surface area (Å²) < 4.78 is 1.91. The van der Waals surface area contributed by atoms with Gasteiger partial charge in [-0.25, -0.2) is 4.98 Å².